The Labute approximate surface area is 156 Å². The molecule has 0 saturated heterocycles. The number of fused-ring (bicyclic) bond motifs is 2. The fourth-order valence-electron chi connectivity index (χ4n) is 3.50. The molecule has 0 fully saturated rings. The third kappa shape index (κ3) is 3.05. The number of benzene rings is 1. The van der Waals surface area contributed by atoms with Gasteiger partial charge in [0, 0.05) is 23.4 Å². The molecule has 1 N–H and O–H groups in total. The van der Waals surface area contributed by atoms with Crippen molar-refractivity contribution in [3.8, 4) is 11.4 Å². The number of nitrogens with one attached hydrogen (secondary N) is 1. The lowest BCUT2D eigenvalue weighted by Crippen LogP contribution is -2.31. The van der Waals surface area contributed by atoms with Gasteiger partial charge in [-0.25, -0.2) is 0 Å². The van der Waals surface area contributed by atoms with Gasteiger partial charge in [-0.15, -0.1) is 11.7 Å². The average molecular weight is 363 g/mol. The summed E-state index contributed by atoms with van der Waals surface area (Å²) in [7, 11) is 0. The van der Waals surface area contributed by atoms with Crippen LogP contribution in [-0.2, 0) is 24.2 Å². The maximum atomic E-state index is 12.9. The SMILES string of the molecule is C=CCNC(=O)Cn1c2c(c(=O)n3nc(-c4ccc(C)cc4)nc13)CCC2. The third-order valence-electron chi connectivity index (χ3n) is 4.85. The first kappa shape index (κ1) is 17.2. The minimum Gasteiger partial charge on any atom is -0.351 e. The maximum absolute atomic E-state index is 12.9. The summed E-state index contributed by atoms with van der Waals surface area (Å²) in [6, 6.07) is 7.83. The zero-order chi connectivity index (χ0) is 19.0. The van der Waals surface area contributed by atoms with Gasteiger partial charge < -0.3 is 9.88 Å². The van der Waals surface area contributed by atoms with Gasteiger partial charge >= 0.3 is 0 Å². The van der Waals surface area contributed by atoms with Crippen LogP contribution < -0.4 is 10.9 Å². The zero-order valence-corrected chi connectivity index (χ0v) is 15.2. The molecule has 0 bridgehead atoms. The van der Waals surface area contributed by atoms with Gasteiger partial charge in [-0.05, 0) is 26.2 Å². The van der Waals surface area contributed by atoms with Crippen molar-refractivity contribution in [1.29, 1.82) is 0 Å². The fourth-order valence-corrected chi connectivity index (χ4v) is 3.50. The van der Waals surface area contributed by atoms with Crippen LogP contribution in [0.25, 0.3) is 17.2 Å². The monoisotopic (exact) mass is 363 g/mol. The number of carbonyl (C=O) groups excluding carboxylic acids is 1. The molecule has 0 spiro atoms. The highest BCUT2D eigenvalue weighted by molar-refractivity contribution is 5.76. The van der Waals surface area contributed by atoms with E-state index in [1.165, 1.54) is 4.52 Å². The predicted octanol–water partition coefficient (Wildman–Crippen LogP) is 1.66. The summed E-state index contributed by atoms with van der Waals surface area (Å²) in [6.45, 7) is 6.13. The van der Waals surface area contributed by atoms with Crippen molar-refractivity contribution >= 4 is 11.7 Å². The third-order valence-corrected chi connectivity index (χ3v) is 4.85. The lowest BCUT2D eigenvalue weighted by molar-refractivity contribution is -0.121. The summed E-state index contributed by atoms with van der Waals surface area (Å²) in [4.78, 5) is 29.8. The first-order chi connectivity index (χ1) is 13.1. The smallest absolute Gasteiger partial charge is 0.279 e. The molecule has 2 aromatic heterocycles. The summed E-state index contributed by atoms with van der Waals surface area (Å²) in [6.07, 6.45) is 4.01. The summed E-state index contributed by atoms with van der Waals surface area (Å²) >= 11 is 0. The molecule has 138 valence electrons. The van der Waals surface area contributed by atoms with Gasteiger partial charge in [-0.1, -0.05) is 35.9 Å². The van der Waals surface area contributed by atoms with Crippen LogP contribution in [0.1, 0.15) is 23.2 Å². The van der Waals surface area contributed by atoms with Gasteiger partial charge in [0.2, 0.25) is 11.7 Å². The van der Waals surface area contributed by atoms with Crippen molar-refractivity contribution in [2.75, 3.05) is 6.54 Å². The van der Waals surface area contributed by atoms with E-state index in [0.717, 1.165) is 35.2 Å². The van der Waals surface area contributed by atoms with Crippen molar-refractivity contribution < 1.29 is 4.79 Å². The Morgan fingerprint density at radius 1 is 1.30 bits per heavy atom. The number of carbonyl (C=O) groups is 1. The van der Waals surface area contributed by atoms with Crippen LogP contribution in [0.5, 0.6) is 0 Å². The van der Waals surface area contributed by atoms with E-state index in [2.05, 4.69) is 22.0 Å². The van der Waals surface area contributed by atoms with Gasteiger partial charge in [-0.2, -0.15) is 9.50 Å². The molecule has 0 unspecified atom stereocenters. The number of rotatable bonds is 5. The molecular weight excluding hydrogens is 342 g/mol. The van der Waals surface area contributed by atoms with E-state index in [1.807, 2.05) is 35.8 Å². The number of nitrogens with zero attached hydrogens (tertiary/aromatic N) is 4. The molecule has 3 aromatic rings. The molecule has 1 aromatic carbocycles. The van der Waals surface area contributed by atoms with Gasteiger partial charge in [0.05, 0.1) is 0 Å². The number of hydrogen-bond acceptors (Lipinski definition) is 4. The number of aromatic nitrogens is 4. The predicted molar refractivity (Wildman–Crippen MR) is 103 cm³/mol. The largest absolute Gasteiger partial charge is 0.351 e. The van der Waals surface area contributed by atoms with Gasteiger partial charge in [0.15, 0.2) is 5.82 Å². The van der Waals surface area contributed by atoms with E-state index in [0.29, 0.717) is 24.6 Å². The van der Waals surface area contributed by atoms with Gasteiger partial charge in [-0.3, -0.25) is 9.59 Å². The molecule has 0 atom stereocenters. The van der Waals surface area contributed by atoms with Crippen LogP contribution in [-0.4, -0.2) is 31.6 Å². The molecule has 27 heavy (non-hydrogen) atoms. The van der Waals surface area contributed by atoms with Crippen LogP contribution in [0.2, 0.25) is 0 Å². The molecule has 1 aliphatic carbocycles. The number of aryl methyl sites for hydroxylation is 1. The van der Waals surface area contributed by atoms with Gasteiger partial charge in [0.25, 0.3) is 5.56 Å². The number of hydrogen-bond donors (Lipinski definition) is 1. The molecule has 4 rings (SSSR count). The molecule has 0 radical (unpaired) electrons. The fraction of sp³-hybridized carbons (Fsp3) is 0.300. The van der Waals surface area contributed by atoms with E-state index in [4.69, 9.17) is 0 Å². The highest BCUT2D eigenvalue weighted by Gasteiger charge is 2.24. The quantitative estimate of drug-likeness (QED) is 0.699. The Hall–Kier alpha value is -3.22. The molecule has 7 heteroatoms. The topological polar surface area (TPSA) is 81.3 Å². The average Bonchev–Trinajstić information content (AvgIpc) is 3.32. The van der Waals surface area contributed by atoms with Crippen molar-refractivity contribution in [1.82, 2.24) is 24.5 Å². The lowest BCUT2D eigenvalue weighted by atomic mass is 10.1. The summed E-state index contributed by atoms with van der Waals surface area (Å²) < 4.78 is 3.16. The Balaban J connectivity index is 1.86. The Bertz CT molecular complexity index is 1090. The van der Waals surface area contributed by atoms with Crippen LogP contribution in [0, 0.1) is 6.92 Å². The standard InChI is InChI=1S/C20H21N5O2/c1-3-11-21-17(26)12-24-16-6-4-5-15(16)19(27)25-20(24)22-18(23-25)14-9-7-13(2)8-10-14/h3,7-10H,1,4-6,11-12H2,2H3,(H,21,26). The van der Waals surface area contributed by atoms with Crippen molar-refractivity contribution in [3.63, 3.8) is 0 Å². The van der Waals surface area contributed by atoms with Crippen molar-refractivity contribution in [2.45, 2.75) is 32.7 Å². The van der Waals surface area contributed by atoms with E-state index < -0.39 is 0 Å². The van der Waals surface area contributed by atoms with Crippen molar-refractivity contribution in [3.05, 3.63) is 64.1 Å². The summed E-state index contributed by atoms with van der Waals surface area (Å²) in [5, 5.41) is 7.23. The Kier molecular flexibility index (Phi) is 4.35. The molecule has 0 aliphatic heterocycles. The van der Waals surface area contributed by atoms with Crippen LogP contribution in [0.4, 0.5) is 0 Å². The van der Waals surface area contributed by atoms with Crippen LogP contribution >= 0.6 is 0 Å². The second-order valence-corrected chi connectivity index (χ2v) is 6.78. The highest BCUT2D eigenvalue weighted by atomic mass is 16.2. The lowest BCUT2D eigenvalue weighted by Gasteiger charge is -2.13. The van der Waals surface area contributed by atoms with Crippen molar-refractivity contribution in [2.24, 2.45) is 0 Å². The summed E-state index contributed by atoms with van der Waals surface area (Å²) in [5.74, 6) is 0.746. The Morgan fingerprint density at radius 3 is 2.81 bits per heavy atom. The Morgan fingerprint density at radius 2 is 2.07 bits per heavy atom. The minimum atomic E-state index is -0.144. The first-order valence-electron chi connectivity index (χ1n) is 9.04. The summed E-state index contributed by atoms with van der Waals surface area (Å²) in [5.41, 5.74) is 3.47. The molecule has 1 amide bonds. The van der Waals surface area contributed by atoms with E-state index in [-0.39, 0.29) is 18.0 Å². The maximum Gasteiger partial charge on any atom is 0.279 e. The zero-order valence-electron chi connectivity index (χ0n) is 15.2. The van der Waals surface area contributed by atoms with E-state index >= 15 is 0 Å². The van der Waals surface area contributed by atoms with E-state index in [9.17, 15) is 9.59 Å². The number of amides is 1. The molecule has 2 heterocycles. The molecule has 1 aliphatic rings. The molecular formula is C20H21N5O2. The van der Waals surface area contributed by atoms with E-state index in [1.54, 1.807) is 6.08 Å². The normalized spacial score (nSPS) is 12.9. The highest BCUT2D eigenvalue weighted by Crippen LogP contribution is 2.22. The second-order valence-electron chi connectivity index (χ2n) is 6.78. The van der Waals surface area contributed by atoms with Gasteiger partial charge in [0.1, 0.15) is 6.54 Å². The second kappa shape index (κ2) is 6.83. The molecule has 0 saturated carbocycles. The van der Waals surface area contributed by atoms with Crippen LogP contribution in [0.3, 0.4) is 0 Å². The van der Waals surface area contributed by atoms with Crippen LogP contribution in [0.15, 0.2) is 41.7 Å². The minimum absolute atomic E-state index is 0.103. The first-order valence-corrected chi connectivity index (χ1v) is 9.04. The molecule has 7 nitrogen and oxygen atoms in total.